The first kappa shape index (κ1) is 10.2. The summed E-state index contributed by atoms with van der Waals surface area (Å²) in [4.78, 5) is 14.9. The fourth-order valence-corrected chi connectivity index (χ4v) is 1.49. The number of aromatic nitrogens is 1. The van der Waals surface area contributed by atoms with E-state index in [4.69, 9.17) is 15.6 Å². The Bertz CT molecular complexity index is 566. The summed E-state index contributed by atoms with van der Waals surface area (Å²) in [6.45, 7) is 0. The predicted molar refractivity (Wildman–Crippen MR) is 59.7 cm³/mol. The van der Waals surface area contributed by atoms with E-state index in [0.29, 0.717) is 16.7 Å². The van der Waals surface area contributed by atoms with Crippen LogP contribution >= 0.6 is 0 Å². The first-order valence-corrected chi connectivity index (χ1v) is 4.59. The highest BCUT2D eigenvalue weighted by Crippen LogP contribution is 2.26. The molecule has 0 aliphatic carbocycles. The number of nitrogens with zero attached hydrogens (tertiary/aromatic N) is 1. The first-order chi connectivity index (χ1) is 7.63. The number of hydrogen-bond donors (Lipinski definition) is 2. The number of nitrogen functional groups attached to an aromatic ring is 1. The van der Waals surface area contributed by atoms with Gasteiger partial charge in [-0.25, -0.2) is 4.79 Å². The van der Waals surface area contributed by atoms with Crippen LogP contribution in [0.3, 0.4) is 0 Å². The standard InChI is InChI=1S/C11H10N2O3/c1-16-6-2-3-9-7(4-6)10(12)8(5-13-9)11(14)15/h2-5H,1H3,(H2,12,13)(H,14,15). The molecule has 0 atom stereocenters. The van der Waals surface area contributed by atoms with E-state index in [9.17, 15) is 4.79 Å². The molecular formula is C11H10N2O3. The normalized spacial score (nSPS) is 10.3. The third-order valence-electron chi connectivity index (χ3n) is 2.35. The lowest BCUT2D eigenvalue weighted by atomic mass is 10.1. The molecule has 0 fully saturated rings. The molecule has 0 amide bonds. The average Bonchev–Trinajstić information content (AvgIpc) is 2.28. The summed E-state index contributed by atoms with van der Waals surface area (Å²) in [6, 6.07) is 5.15. The summed E-state index contributed by atoms with van der Waals surface area (Å²) in [7, 11) is 1.53. The highest BCUT2D eigenvalue weighted by atomic mass is 16.5. The van der Waals surface area contributed by atoms with Crippen molar-refractivity contribution in [3.05, 3.63) is 30.0 Å². The Kier molecular flexibility index (Phi) is 2.36. The van der Waals surface area contributed by atoms with Crippen molar-refractivity contribution in [1.29, 1.82) is 0 Å². The molecule has 0 unspecified atom stereocenters. The molecule has 1 heterocycles. The fraction of sp³-hybridized carbons (Fsp3) is 0.0909. The second kappa shape index (κ2) is 3.69. The molecule has 1 aromatic carbocycles. The molecule has 82 valence electrons. The summed E-state index contributed by atoms with van der Waals surface area (Å²) < 4.78 is 5.05. The second-order valence-electron chi connectivity index (χ2n) is 3.27. The number of pyridine rings is 1. The largest absolute Gasteiger partial charge is 0.497 e. The van der Waals surface area contributed by atoms with Gasteiger partial charge in [0.05, 0.1) is 18.3 Å². The van der Waals surface area contributed by atoms with Crippen LogP contribution in [-0.2, 0) is 0 Å². The molecule has 0 spiro atoms. The molecule has 0 radical (unpaired) electrons. The molecule has 2 aromatic rings. The Morgan fingerprint density at radius 2 is 2.25 bits per heavy atom. The maximum absolute atomic E-state index is 10.9. The molecule has 3 N–H and O–H groups in total. The van der Waals surface area contributed by atoms with E-state index in [1.54, 1.807) is 18.2 Å². The van der Waals surface area contributed by atoms with Crippen molar-refractivity contribution in [1.82, 2.24) is 4.98 Å². The highest BCUT2D eigenvalue weighted by molar-refractivity contribution is 6.03. The Morgan fingerprint density at radius 3 is 2.88 bits per heavy atom. The molecule has 1 aromatic heterocycles. The predicted octanol–water partition coefficient (Wildman–Crippen LogP) is 1.52. The van der Waals surface area contributed by atoms with Crippen molar-refractivity contribution in [3.63, 3.8) is 0 Å². The van der Waals surface area contributed by atoms with Crippen LogP contribution in [0.2, 0.25) is 0 Å². The average molecular weight is 218 g/mol. The maximum Gasteiger partial charge on any atom is 0.339 e. The Hall–Kier alpha value is -2.30. The number of nitrogens with two attached hydrogens (primary N) is 1. The van der Waals surface area contributed by atoms with Gasteiger partial charge in [-0.05, 0) is 18.2 Å². The van der Waals surface area contributed by atoms with Gasteiger partial charge in [0.25, 0.3) is 0 Å². The van der Waals surface area contributed by atoms with E-state index >= 15 is 0 Å². The molecular weight excluding hydrogens is 208 g/mol. The van der Waals surface area contributed by atoms with Gasteiger partial charge in [0.1, 0.15) is 11.3 Å². The van der Waals surface area contributed by atoms with Crippen LogP contribution < -0.4 is 10.5 Å². The molecule has 0 bridgehead atoms. The van der Waals surface area contributed by atoms with Gasteiger partial charge in [-0.3, -0.25) is 4.98 Å². The lowest BCUT2D eigenvalue weighted by molar-refractivity contribution is 0.0698. The number of methoxy groups -OCH3 is 1. The SMILES string of the molecule is COc1ccc2ncc(C(=O)O)c(N)c2c1. The summed E-state index contributed by atoms with van der Waals surface area (Å²) in [6.07, 6.45) is 1.26. The first-order valence-electron chi connectivity index (χ1n) is 4.59. The summed E-state index contributed by atoms with van der Waals surface area (Å²) in [5.74, 6) is -0.474. The molecule has 0 aliphatic rings. The maximum atomic E-state index is 10.9. The molecule has 0 saturated heterocycles. The minimum atomic E-state index is -1.09. The Morgan fingerprint density at radius 1 is 1.50 bits per heavy atom. The van der Waals surface area contributed by atoms with Crippen molar-refractivity contribution >= 4 is 22.6 Å². The number of carboxylic acid groups (broad SMARTS) is 1. The fourth-order valence-electron chi connectivity index (χ4n) is 1.49. The zero-order valence-corrected chi connectivity index (χ0v) is 8.60. The van der Waals surface area contributed by atoms with Gasteiger partial charge in [-0.15, -0.1) is 0 Å². The number of rotatable bonds is 2. The van der Waals surface area contributed by atoms with Crippen molar-refractivity contribution in [2.75, 3.05) is 12.8 Å². The molecule has 5 heteroatoms. The molecule has 0 aliphatic heterocycles. The minimum Gasteiger partial charge on any atom is -0.497 e. The van der Waals surface area contributed by atoms with Gasteiger partial charge in [-0.1, -0.05) is 0 Å². The third-order valence-corrected chi connectivity index (χ3v) is 2.35. The van der Waals surface area contributed by atoms with Crippen molar-refractivity contribution < 1.29 is 14.6 Å². The number of carbonyl (C=O) groups is 1. The number of benzene rings is 1. The summed E-state index contributed by atoms with van der Waals surface area (Å²) >= 11 is 0. The van der Waals surface area contributed by atoms with Crippen LogP contribution in [0, 0.1) is 0 Å². The van der Waals surface area contributed by atoms with E-state index in [-0.39, 0.29) is 11.3 Å². The third kappa shape index (κ3) is 1.52. The van der Waals surface area contributed by atoms with E-state index in [0.717, 1.165) is 0 Å². The zero-order chi connectivity index (χ0) is 11.7. The number of anilines is 1. The number of hydrogen-bond acceptors (Lipinski definition) is 4. The van der Waals surface area contributed by atoms with Crippen LogP contribution in [0.4, 0.5) is 5.69 Å². The summed E-state index contributed by atoms with van der Waals surface area (Å²) in [5.41, 5.74) is 6.61. The van der Waals surface area contributed by atoms with E-state index in [1.807, 2.05) is 0 Å². The van der Waals surface area contributed by atoms with Crippen LogP contribution in [0.15, 0.2) is 24.4 Å². The van der Waals surface area contributed by atoms with Crippen LogP contribution in [-0.4, -0.2) is 23.2 Å². The quantitative estimate of drug-likeness (QED) is 0.798. The lowest BCUT2D eigenvalue weighted by Crippen LogP contribution is -2.04. The molecule has 2 rings (SSSR count). The van der Waals surface area contributed by atoms with Crippen molar-refractivity contribution in [2.24, 2.45) is 0 Å². The monoisotopic (exact) mass is 218 g/mol. The van der Waals surface area contributed by atoms with Gasteiger partial charge in [0.2, 0.25) is 0 Å². The van der Waals surface area contributed by atoms with Crippen LogP contribution in [0.25, 0.3) is 10.9 Å². The van der Waals surface area contributed by atoms with E-state index in [2.05, 4.69) is 4.98 Å². The van der Waals surface area contributed by atoms with Crippen molar-refractivity contribution in [3.8, 4) is 5.75 Å². The second-order valence-corrected chi connectivity index (χ2v) is 3.27. The van der Waals surface area contributed by atoms with Gasteiger partial charge in [0, 0.05) is 11.6 Å². The van der Waals surface area contributed by atoms with Gasteiger partial charge >= 0.3 is 5.97 Å². The number of carboxylic acids is 1. The van der Waals surface area contributed by atoms with Crippen LogP contribution in [0.5, 0.6) is 5.75 Å². The van der Waals surface area contributed by atoms with Crippen molar-refractivity contribution in [2.45, 2.75) is 0 Å². The topological polar surface area (TPSA) is 85.4 Å². The Labute approximate surface area is 91.5 Å². The van der Waals surface area contributed by atoms with E-state index in [1.165, 1.54) is 13.3 Å². The molecule has 5 nitrogen and oxygen atoms in total. The number of aromatic carboxylic acids is 1. The van der Waals surface area contributed by atoms with Gasteiger partial charge in [-0.2, -0.15) is 0 Å². The zero-order valence-electron chi connectivity index (χ0n) is 8.60. The van der Waals surface area contributed by atoms with Crippen LogP contribution in [0.1, 0.15) is 10.4 Å². The van der Waals surface area contributed by atoms with Gasteiger partial charge in [0.15, 0.2) is 0 Å². The lowest BCUT2D eigenvalue weighted by Gasteiger charge is -2.06. The molecule has 16 heavy (non-hydrogen) atoms. The Balaban J connectivity index is 2.75. The molecule has 0 saturated carbocycles. The minimum absolute atomic E-state index is 0.000697. The summed E-state index contributed by atoms with van der Waals surface area (Å²) in [5, 5.41) is 9.48. The highest BCUT2D eigenvalue weighted by Gasteiger charge is 2.12. The smallest absolute Gasteiger partial charge is 0.339 e. The number of fused-ring (bicyclic) bond motifs is 1. The number of ether oxygens (including phenoxy) is 1. The van der Waals surface area contributed by atoms with Gasteiger partial charge < -0.3 is 15.6 Å². The van der Waals surface area contributed by atoms with E-state index < -0.39 is 5.97 Å².